The lowest BCUT2D eigenvalue weighted by molar-refractivity contribution is -0.139. The van der Waals surface area contributed by atoms with Gasteiger partial charge >= 0.3 is 17.8 Å². The molecular weight excluding hydrogens is 324 g/mol. The maximum Gasteiger partial charge on any atom is 0.337 e. The van der Waals surface area contributed by atoms with E-state index in [0.29, 0.717) is 11.1 Å². The monoisotopic (exact) mass is 340 g/mol. The van der Waals surface area contributed by atoms with E-state index < -0.39 is 17.8 Å². The minimum atomic E-state index is -0.878. The molecule has 8 heteroatoms. The highest BCUT2D eigenvalue weighted by Crippen LogP contribution is 2.03. The van der Waals surface area contributed by atoms with Crippen LogP contribution in [0.3, 0.4) is 0 Å². The van der Waals surface area contributed by atoms with Crippen LogP contribution < -0.4 is 10.7 Å². The van der Waals surface area contributed by atoms with Crippen molar-refractivity contribution >= 4 is 24.0 Å². The van der Waals surface area contributed by atoms with Gasteiger partial charge in [-0.2, -0.15) is 5.10 Å². The summed E-state index contributed by atoms with van der Waals surface area (Å²) >= 11 is 0. The van der Waals surface area contributed by atoms with Crippen LogP contribution in [-0.4, -0.2) is 36.1 Å². The Labute approximate surface area is 143 Å². The predicted molar refractivity (Wildman–Crippen MR) is 89.6 cm³/mol. The van der Waals surface area contributed by atoms with Gasteiger partial charge in [0, 0.05) is 18.9 Å². The van der Waals surface area contributed by atoms with E-state index in [1.807, 2.05) is 0 Å². The number of carbonyl (C=O) groups excluding carboxylic acids is 3. The van der Waals surface area contributed by atoms with Gasteiger partial charge in [0.1, 0.15) is 0 Å². The van der Waals surface area contributed by atoms with Gasteiger partial charge in [-0.3, -0.25) is 14.6 Å². The van der Waals surface area contributed by atoms with Crippen molar-refractivity contribution in [1.82, 2.24) is 15.7 Å². The van der Waals surface area contributed by atoms with Crippen LogP contribution in [0.15, 0.2) is 53.9 Å². The van der Waals surface area contributed by atoms with Gasteiger partial charge in [-0.25, -0.2) is 10.2 Å². The van der Waals surface area contributed by atoms with Gasteiger partial charge in [0.05, 0.1) is 18.9 Å². The number of ether oxygens (including phenoxy) is 1. The zero-order chi connectivity index (χ0) is 18.1. The molecule has 2 N–H and O–H groups in total. The topological polar surface area (TPSA) is 110 Å². The lowest BCUT2D eigenvalue weighted by Crippen LogP contribution is -2.37. The molecule has 1 heterocycles. The van der Waals surface area contributed by atoms with Crippen LogP contribution in [0.5, 0.6) is 0 Å². The zero-order valence-electron chi connectivity index (χ0n) is 13.4. The second kappa shape index (κ2) is 8.92. The van der Waals surface area contributed by atoms with Crippen molar-refractivity contribution < 1.29 is 19.1 Å². The van der Waals surface area contributed by atoms with Gasteiger partial charge in [0.15, 0.2) is 0 Å². The summed E-state index contributed by atoms with van der Waals surface area (Å²) < 4.78 is 4.59. The number of pyridine rings is 1. The number of amides is 2. The number of hydrogen-bond donors (Lipinski definition) is 2. The minimum absolute atomic E-state index is 0.216. The van der Waals surface area contributed by atoms with Crippen molar-refractivity contribution in [2.75, 3.05) is 7.11 Å². The molecule has 1 aromatic heterocycles. The Balaban J connectivity index is 1.81. The predicted octanol–water partition coefficient (Wildman–Crippen LogP) is 0.635. The van der Waals surface area contributed by atoms with E-state index in [-0.39, 0.29) is 6.54 Å². The number of rotatable bonds is 5. The Bertz CT molecular complexity index is 773. The van der Waals surface area contributed by atoms with Crippen molar-refractivity contribution in [3.05, 3.63) is 65.5 Å². The van der Waals surface area contributed by atoms with Gasteiger partial charge < -0.3 is 10.1 Å². The summed E-state index contributed by atoms with van der Waals surface area (Å²) in [4.78, 5) is 38.4. The molecule has 0 unspecified atom stereocenters. The maximum atomic E-state index is 11.6. The number of nitrogens with one attached hydrogen (secondary N) is 2. The van der Waals surface area contributed by atoms with Gasteiger partial charge in [-0.05, 0) is 35.4 Å². The lowest BCUT2D eigenvalue weighted by atomic mass is 10.1. The van der Waals surface area contributed by atoms with E-state index in [0.717, 1.165) is 5.56 Å². The fraction of sp³-hybridized carbons (Fsp3) is 0.118. The number of hydrogen-bond acceptors (Lipinski definition) is 6. The third-order valence-electron chi connectivity index (χ3n) is 3.12. The first-order chi connectivity index (χ1) is 12.1. The molecule has 0 fully saturated rings. The second-order valence-electron chi connectivity index (χ2n) is 4.85. The van der Waals surface area contributed by atoms with E-state index in [1.165, 1.54) is 13.3 Å². The fourth-order valence-corrected chi connectivity index (χ4v) is 1.80. The molecule has 0 saturated heterocycles. The minimum Gasteiger partial charge on any atom is -0.465 e. The molecule has 0 bridgehead atoms. The first-order valence-corrected chi connectivity index (χ1v) is 7.28. The average molecular weight is 340 g/mol. The van der Waals surface area contributed by atoms with Gasteiger partial charge in [-0.1, -0.05) is 12.1 Å². The molecule has 0 spiro atoms. The van der Waals surface area contributed by atoms with Crippen molar-refractivity contribution in [3.63, 3.8) is 0 Å². The maximum absolute atomic E-state index is 11.6. The molecule has 2 amide bonds. The van der Waals surface area contributed by atoms with Crippen LogP contribution in [0.25, 0.3) is 0 Å². The Kier molecular flexibility index (Phi) is 6.35. The third-order valence-corrected chi connectivity index (χ3v) is 3.12. The number of hydrazone groups is 1. The normalized spacial score (nSPS) is 10.3. The Morgan fingerprint density at radius 3 is 2.40 bits per heavy atom. The summed E-state index contributed by atoms with van der Waals surface area (Å²) in [5, 5.41) is 6.17. The molecule has 128 valence electrons. The number of nitrogens with zero attached hydrogens (tertiary/aromatic N) is 2. The van der Waals surface area contributed by atoms with Gasteiger partial charge in [-0.15, -0.1) is 0 Å². The number of benzene rings is 1. The van der Waals surface area contributed by atoms with Crippen molar-refractivity contribution in [1.29, 1.82) is 0 Å². The Hall–Kier alpha value is -3.55. The van der Waals surface area contributed by atoms with Gasteiger partial charge in [0.2, 0.25) is 0 Å². The van der Waals surface area contributed by atoms with E-state index in [4.69, 9.17) is 0 Å². The van der Waals surface area contributed by atoms with Crippen molar-refractivity contribution in [2.45, 2.75) is 6.54 Å². The summed E-state index contributed by atoms with van der Waals surface area (Å²) in [6.07, 6.45) is 4.55. The smallest absolute Gasteiger partial charge is 0.337 e. The number of esters is 1. The number of carbonyl (C=O) groups is 3. The molecule has 0 aliphatic carbocycles. The highest BCUT2D eigenvalue weighted by Gasteiger charge is 2.11. The Morgan fingerprint density at radius 1 is 1.08 bits per heavy atom. The molecule has 8 nitrogen and oxygen atoms in total. The second-order valence-corrected chi connectivity index (χ2v) is 4.85. The van der Waals surface area contributed by atoms with E-state index >= 15 is 0 Å². The van der Waals surface area contributed by atoms with Crippen LogP contribution in [0.4, 0.5) is 0 Å². The van der Waals surface area contributed by atoms with E-state index in [9.17, 15) is 14.4 Å². The molecule has 0 radical (unpaired) electrons. The summed E-state index contributed by atoms with van der Waals surface area (Å²) in [7, 11) is 1.30. The Morgan fingerprint density at radius 2 is 1.76 bits per heavy atom. The third kappa shape index (κ3) is 5.54. The molecule has 2 aromatic rings. The lowest BCUT2D eigenvalue weighted by Gasteiger charge is -2.03. The summed E-state index contributed by atoms with van der Waals surface area (Å²) in [6.45, 7) is 0.216. The first kappa shape index (κ1) is 17.8. The largest absolute Gasteiger partial charge is 0.465 e. The first-order valence-electron chi connectivity index (χ1n) is 7.28. The summed E-state index contributed by atoms with van der Waals surface area (Å²) in [5.74, 6) is -2.12. The summed E-state index contributed by atoms with van der Waals surface area (Å²) in [5.41, 5.74) is 4.00. The highest BCUT2D eigenvalue weighted by atomic mass is 16.5. The zero-order valence-corrected chi connectivity index (χ0v) is 13.4. The quantitative estimate of drug-likeness (QED) is 0.359. The molecular formula is C17H16N4O4. The van der Waals surface area contributed by atoms with E-state index in [1.54, 1.807) is 48.8 Å². The van der Waals surface area contributed by atoms with Crippen LogP contribution >= 0.6 is 0 Å². The highest BCUT2D eigenvalue weighted by molar-refractivity contribution is 6.35. The van der Waals surface area contributed by atoms with Crippen LogP contribution in [0, 0.1) is 0 Å². The molecule has 0 aliphatic rings. The summed E-state index contributed by atoms with van der Waals surface area (Å²) in [6, 6.07) is 9.85. The van der Waals surface area contributed by atoms with Crippen LogP contribution in [0.1, 0.15) is 21.5 Å². The molecule has 0 saturated carbocycles. The number of aromatic nitrogens is 1. The molecule has 2 rings (SSSR count). The van der Waals surface area contributed by atoms with Crippen molar-refractivity contribution in [3.8, 4) is 0 Å². The molecule has 25 heavy (non-hydrogen) atoms. The molecule has 1 aromatic carbocycles. The van der Waals surface area contributed by atoms with Crippen molar-refractivity contribution in [2.24, 2.45) is 5.10 Å². The SMILES string of the molecule is COC(=O)c1ccc(/C=N\NC(=O)C(=O)NCc2ccncc2)cc1. The van der Waals surface area contributed by atoms with Gasteiger partial charge in [0.25, 0.3) is 0 Å². The standard InChI is InChI=1S/C17H16N4O4/c1-25-17(24)14-4-2-12(3-5-14)11-20-21-16(23)15(22)19-10-13-6-8-18-9-7-13/h2-9,11H,10H2,1H3,(H,19,22)(H,21,23)/b20-11-. The van der Waals surface area contributed by atoms with Crippen LogP contribution in [-0.2, 0) is 20.9 Å². The molecule has 0 atom stereocenters. The number of methoxy groups -OCH3 is 1. The molecule has 0 aliphatic heterocycles. The van der Waals surface area contributed by atoms with Crippen LogP contribution in [0.2, 0.25) is 0 Å². The average Bonchev–Trinajstić information content (AvgIpc) is 2.66. The fourth-order valence-electron chi connectivity index (χ4n) is 1.80. The van der Waals surface area contributed by atoms with E-state index in [2.05, 4.69) is 25.6 Å².